The van der Waals surface area contributed by atoms with Crippen LogP contribution in [0.3, 0.4) is 0 Å². The molecule has 0 amide bonds. The van der Waals surface area contributed by atoms with E-state index in [0.717, 1.165) is 0 Å². The number of aliphatic hydroxyl groups excluding tert-OH is 1. The molecule has 0 saturated heterocycles. The first-order valence-electron chi connectivity index (χ1n) is 3.65. The normalized spacial score (nSPS) is 17.3. The van der Waals surface area contributed by atoms with Gasteiger partial charge in [-0.05, 0) is 26.7 Å². The third kappa shape index (κ3) is 7.93. The quantitative estimate of drug-likeness (QED) is 0.623. The standard InChI is InChI=1S/C6H14O5S/c1-5(7)3-4-6(2)11-12(8,9)10/h5-7H,3-4H2,1-2H3,(H,8,9,10)/t5-,6-/m1/s1. The van der Waals surface area contributed by atoms with E-state index in [4.69, 9.17) is 9.66 Å². The molecule has 0 aromatic rings. The maximum atomic E-state index is 10.2. The maximum Gasteiger partial charge on any atom is 0.397 e. The summed E-state index contributed by atoms with van der Waals surface area (Å²) < 4.78 is 32.8. The number of hydrogen-bond donors (Lipinski definition) is 2. The van der Waals surface area contributed by atoms with Crippen LogP contribution in [0.2, 0.25) is 0 Å². The van der Waals surface area contributed by atoms with Crippen molar-refractivity contribution in [3.05, 3.63) is 0 Å². The van der Waals surface area contributed by atoms with Gasteiger partial charge in [0, 0.05) is 0 Å². The molecule has 0 rings (SSSR count). The largest absolute Gasteiger partial charge is 0.397 e. The zero-order valence-electron chi connectivity index (χ0n) is 7.10. The lowest BCUT2D eigenvalue weighted by molar-refractivity contribution is 0.139. The molecule has 0 aliphatic heterocycles. The number of hydrogen-bond acceptors (Lipinski definition) is 4. The molecule has 2 atom stereocenters. The van der Waals surface area contributed by atoms with Gasteiger partial charge >= 0.3 is 10.4 Å². The second-order valence-corrected chi connectivity index (χ2v) is 3.81. The van der Waals surface area contributed by atoms with Gasteiger partial charge in [0.2, 0.25) is 0 Å². The molecule has 0 aromatic carbocycles. The van der Waals surface area contributed by atoms with Gasteiger partial charge in [0.15, 0.2) is 0 Å². The van der Waals surface area contributed by atoms with E-state index in [0.29, 0.717) is 12.8 Å². The molecule has 0 bridgehead atoms. The first-order valence-corrected chi connectivity index (χ1v) is 5.01. The Kier molecular flexibility index (Phi) is 4.69. The monoisotopic (exact) mass is 198 g/mol. The van der Waals surface area contributed by atoms with E-state index in [1.807, 2.05) is 0 Å². The average molecular weight is 198 g/mol. The van der Waals surface area contributed by atoms with Crippen LogP contribution < -0.4 is 0 Å². The highest BCUT2D eigenvalue weighted by Crippen LogP contribution is 2.06. The molecule has 0 radical (unpaired) electrons. The van der Waals surface area contributed by atoms with Crippen molar-refractivity contribution in [3.63, 3.8) is 0 Å². The average Bonchev–Trinajstić information content (AvgIpc) is 1.79. The fourth-order valence-corrected chi connectivity index (χ4v) is 1.24. The Labute approximate surface area is 72.3 Å². The van der Waals surface area contributed by atoms with Crippen molar-refractivity contribution in [2.24, 2.45) is 0 Å². The summed E-state index contributed by atoms with van der Waals surface area (Å²) in [6.07, 6.45) is -0.263. The van der Waals surface area contributed by atoms with E-state index in [9.17, 15) is 8.42 Å². The molecule has 0 spiro atoms. The Morgan fingerprint density at radius 2 is 1.83 bits per heavy atom. The van der Waals surface area contributed by atoms with Crippen LogP contribution in [0.15, 0.2) is 0 Å². The topological polar surface area (TPSA) is 83.8 Å². The minimum atomic E-state index is -4.35. The third-order valence-corrected chi connectivity index (χ3v) is 1.85. The lowest BCUT2D eigenvalue weighted by atomic mass is 10.1. The second kappa shape index (κ2) is 4.76. The van der Waals surface area contributed by atoms with Crippen LogP contribution in [0, 0.1) is 0 Å². The van der Waals surface area contributed by atoms with E-state index in [-0.39, 0.29) is 0 Å². The Balaban J connectivity index is 3.68. The fraction of sp³-hybridized carbons (Fsp3) is 1.00. The van der Waals surface area contributed by atoms with E-state index in [1.165, 1.54) is 6.92 Å². The van der Waals surface area contributed by atoms with Crippen molar-refractivity contribution in [2.75, 3.05) is 0 Å². The Morgan fingerprint density at radius 1 is 1.33 bits per heavy atom. The van der Waals surface area contributed by atoms with Crippen molar-refractivity contribution in [3.8, 4) is 0 Å². The van der Waals surface area contributed by atoms with Gasteiger partial charge in [-0.1, -0.05) is 0 Å². The van der Waals surface area contributed by atoms with Crippen LogP contribution in [0.5, 0.6) is 0 Å². The summed E-state index contributed by atoms with van der Waals surface area (Å²) in [5.74, 6) is 0. The van der Waals surface area contributed by atoms with E-state index >= 15 is 0 Å². The predicted molar refractivity (Wildman–Crippen MR) is 43.0 cm³/mol. The van der Waals surface area contributed by atoms with Crippen LogP contribution in [-0.2, 0) is 14.6 Å². The summed E-state index contributed by atoms with van der Waals surface area (Å²) in [6, 6.07) is 0. The second-order valence-electron chi connectivity index (χ2n) is 2.76. The molecule has 0 unspecified atom stereocenters. The molecule has 12 heavy (non-hydrogen) atoms. The molecule has 0 fully saturated rings. The van der Waals surface area contributed by atoms with Crippen molar-refractivity contribution >= 4 is 10.4 Å². The molecule has 5 nitrogen and oxygen atoms in total. The lowest BCUT2D eigenvalue weighted by Gasteiger charge is -2.10. The summed E-state index contributed by atoms with van der Waals surface area (Å²) >= 11 is 0. The summed E-state index contributed by atoms with van der Waals surface area (Å²) in [5.41, 5.74) is 0. The van der Waals surface area contributed by atoms with Gasteiger partial charge in [0.1, 0.15) is 0 Å². The van der Waals surface area contributed by atoms with Gasteiger partial charge in [-0.25, -0.2) is 4.18 Å². The van der Waals surface area contributed by atoms with Gasteiger partial charge in [-0.15, -0.1) is 0 Å². The molecule has 0 aliphatic carbocycles. The minimum Gasteiger partial charge on any atom is -0.393 e. The minimum absolute atomic E-state index is 0.386. The smallest absolute Gasteiger partial charge is 0.393 e. The van der Waals surface area contributed by atoms with Crippen LogP contribution in [-0.4, -0.2) is 30.3 Å². The molecule has 0 heterocycles. The fourth-order valence-electron chi connectivity index (χ4n) is 0.732. The zero-order valence-corrected chi connectivity index (χ0v) is 7.91. The molecule has 74 valence electrons. The van der Waals surface area contributed by atoms with E-state index in [1.54, 1.807) is 6.92 Å². The van der Waals surface area contributed by atoms with Crippen molar-refractivity contribution in [1.29, 1.82) is 0 Å². The van der Waals surface area contributed by atoms with Gasteiger partial charge in [0.25, 0.3) is 0 Å². The molecule has 0 aliphatic rings. The summed E-state index contributed by atoms with van der Waals surface area (Å²) in [7, 11) is -4.35. The summed E-state index contributed by atoms with van der Waals surface area (Å²) in [4.78, 5) is 0. The number of rotatable bonds is 5. The van der Waals surface area contributed by atoms with Gasteiger partial charge in [-0.2, -0.15) is 8.42 Å². The predicted octanol–water partition coefficient (Wildman–Crippen LogP) is 0.355. The highest BCUT2D eigenvalue weighted by atomic mass is 32.3. The number of aliphatic hydroxyl groups is 1. The lowest BCUT2D eigenvalue weighted by Crippen LogP contribution is -2.16. The summed E-state index contributed by atoms with van der Waals surface area (Å²) in [6.45, 7) is 3.11. The molecular weight excluding hydrogens is 184 g/mol. The Bertz CT molecular complexity index is 208. The Hall–Kier alpha value is -0.170. The molecule has 6 heteroatoms. The first kappa shape index (κ1) is 11.8. The first-order chi connectivity index (χ1) is 5.31. The molecule has 0 saturated carbocycles. The van der Waals surface area contributed by atoms with Crippen LogP contribution in [0.4, 0.5) is 0 Å². The van der Waals surface area contributed by atoms with Crippen molar-refractivity contribution < 1.29 is 22.3 Å². The summed E-state index contributed by atoms with van der Waals surface area (Å²) in [5, 5.41) is 8.83. The van der Waals surface area contributed by atoms with E-state index < -0.39 is 22.6 Å². The third-order valence-electron chi connectivity index (χ3n) is 1.28. The van der Waals surface area contributed by atoms with Gasteiger partial charge in [0.05, 0.1) is 12.2 Å². The SMILES string of the molecule is C[C@H](CC[C@@H](C)O)OS(=O)(=O)O. The molecule has 2 N–H and O–H groups in total. The van der Waals surface area contributed by atoms with Crippen molar-refractivity contribution in [1.82, 2.24) is 0 Å². The van der Waals surface area contributed by atoms with Crippen molar-refractivity contribution in [2.45, 2.75) is 38.9 Å². The van der Waals surface area contributed by atoms with Gasteiger partial charge < -0.3 is 5.11 Å². The zero-order chi connectivity index (χ0) is 9.78. The highest BCUT2D eigenvalue weighted by Gasteiger charge is 2.12. The molecule has 0 aromatic heterocycles. The van der Waals surface area contributed by atoms with Crippen LogP contribution in [0.25, 0.3) is 0 Å². The van der Waals surface area contributed by atoms with Gasteiger partial charge in [-0.3, -0.25) is 4.55 Å². The molecular formula is C6H14O5S. The van der Waals surface area contributed by atoms with Crippen LogP contribution in [0.1, 0.15) is 26.7 Å². The Morgan fingerprint density at radius 3 is 2.17 bits per heavy atom. The maximum absolute atomic E-state index is 10.2. The van der Waals surface area contributed by atoms with Crippen LogP contribution >= 0.6 is 0 Å². The van der Waals surface area contributed by atoms with E-state index in [2.05, 4.69) is 4.18 Å². The highest BCUT2D eigenvalue weighted by molar-refractivity contribution is 7.80.